The van der Waals surface area contributed by atoms with Crippen LogP contribution in [0.5, 0.6) is 0 Å². The molecule has 4 rings (SSSR count). The summed E-state index contributed by atoms with van der Waals surface area (Å²) in [5.74, 6) is -0.286. The van der Waals surface area contributed by atoms with Crippen LogP contribution in [0.15, 0.2) is 35.8 Å². The number of fused-ring (bicyclic) bond motifs is 2. The summed E-state index contributed by atoms with van der Waals surface area (Å²) in [7, 11) is 0. The molecule has 26 heavy (non-hydrogen) atoms. The number of aromatic nitrogens is 2. The van der Waals surface area contributed by atoms with Crippen LogP contribution in [0.3, 0.4) is 0 Å². The zero-order valence-electron chi connectivity index (χ0n) is 13.9. The number of halogens is 1. The fourth-order valence-electron chi connectivity index (χ4n) is 3.16. The molecule has 0 unspecified atom stereocenters. The molecule has 0 bridgehead atoms. The highest BCUT2D eigenvalue weighted by molar-refractivity contribution is 7.10. The van der Waals surface area contributed by atoms with Crippen LogP contribution in [0.25, 0.3) is 5.65 Å². The minimum Gasteiger partial charge on any atom is -0.350 e. The van der Waals surface area contributed by atoms with E-state index in [2.05, 4.69) is 21.7 Å². The predicted octanol–water partition coefficient (Wildman–Crippen LogP) is 2.75. The van der Waals surface area contributed by atoms with E-state index in [1.807, 2.05) is 11.0 Å². The molecule has 134 valence electrons. The van der Waals surface area contributed by atoms with Crippen LogP contribution in [0.4, 0.5) is 0 Å². The molecule has 3 aromatic heterocycles. The molecular formula is C18H17ClN4O2S. The quantitative estimate of drug-likeness (QED) is 0.747. The highest BCUT2D eigenvalue weighted by Crippen LogP contribution is 2.24. The van der Waals surface area contributed by atoms with Crippen LogP contribution in [0.2, 0.25) is 5.15 Å². The van der Waals surface area contributed by atoms with Gasteiger partial charge in [-0.15, -0.1) is 11.3 Å². The minimum atomic E-state index is -0.333. The fourth-order valence-corrected chi connectivity index (χ4v) is 4.31. The van der Waals surface area contributed by atoms with Gasteiger partial charge in [0.2, 0.25) is 5.91 Å². The van der Waals surface area contributed by atoms with Crippen molar-refractivity contribution < 1.29 is 9.59 Å². The van der Waals surface area contributed by atoms with Gasteiger partial charge in [-0.05, 0) is 35.6 Å². The number of hydrogen-bond donors (Lipinski definition) is 1. The van der Waals surface area contributed by atoms with Crippen molar-refractivity contribution in [2.24, 2.45) is 0 Å². The molecule has 1 N–H and O–H groups in total. The van der Waals surface area contributed by atoms with Crippen LogP contribution in [0.1, 0.15) is 27.3 Å². The van der Waals surface area contributed by atoms with Crippen molar-refractivity contribution in [2.75, 3.05) is 13.1 Å². The summed E-state index contributed by atoms with van der Waals surface area (Å²) >= 11 is 7.84. The van der Waals surface area contributed by atoms with Gasteiger partial charge in [0.1, 0.15) is 5.65 Å². The molecule has 0 radical (unpaired) electrons. The summed E-state index contributed by atoms with van der Waals surface area (Å²) in [6.07, 6.45) is 2.91. The highest BCUT2D eigenvalue weighted by Gasteiger charge is 2.22. The van der Waals surface area contributed by atoms with E-state index in [0.29, 0.717) is 12.2 Å². The van der Waals surface area contributed by atoms with Gasteiger partial charge < -0.3 is 10.2 Å². The number of nitrogens with zero attached hydrogens (tertiary/aromatic N) is 3. The monoisotopic (exact) mass is 388 g/mol. The van der Waals surface area contributed by atoms with E-state index in [0.717, 1.165) is 13.0 Å². The van der Waals surface area contributed by atoms with Crippen LogP contribution >= 0.6 is 22.9 Å². The molecule has 4 heterocycles. The van der Waals surface area contributed by atoms with Gasteiger partial charge in [0.15, 0.2) is 10.8 Å². The van der Waals surface area contributed by atoms with Gasteiger partial charge in [-0.3, -0.25) is 14.0 Å². The number of pyridine rings is 1. The van der Waals surface area contributed by atoms with Crippen LogP contribution in [-0.2, 0) is 17.8 Å². The lowest BCUT2D eigenvalue weighted by Crippen LogP contribution is -2.37. The molecule has 0 saturated carbocycles. The molecule has 0 fully saturated rings. The first-order valence-corrected chi connectivity index (χ1v) is 9.63. The summed E-state index contributed by atoms with van der Waals surface area (Å²) in [5.41, 5.74) is 2.13. The van der Waals surface area contributed by atoms with Crippen LogP contribution < -0.4 is 5.32 Å². The normalized spacial score (nSPS) is 13.7. The van der Waals surface area contributed by atoms with E-state index in [1.165, 1.54) is 10.4 Å². The van der Waals surface area contributed by atoms with Gasteiger partial charge in [0.05, 0.1) is 0 Å². The second kappa shape index (κ2) is 7.09. The molecular weight excluding hydrogens is 372 g/mol. The molecule has 0 atom stereocenters. The van der Waals surface area contributed by atoms with Crippen molar-refractivity contribution in [1.82, 2.24) is 19.6 Å². The first kappa shape index (κ1) is 17.1. The molecule has 1 aliphatic heterocycles. The molecule has 0 aromatic carbocycles. The van der Waals surface area contributed by atoms with E-state index in [9.17, 15) is 9.59 Å². The topological polar surface area (TPSA) is 66.7 Å². The Morgan fingerprint density at radius 2 is 2.19 bits per heavy atom. The lowest BCUT2D eigenvalue weighted by Gasteiger charge is -2.27. The number of rotatable bonds is 4. The Kier molecular flexibility index (Phi) is 4.65. The third kappa shape index (κ3) is 3.20. The Labute approximate surface area is 159 Å². The average molecular weight is 389 g/mol. The summed E-state index contributed by atoms with van der Waals surface area (Å²) in [4.78, 5) is 32.2. The third-order valence-electron chi connectivity index (χ3n) is 4.49. The summed E-state index contributed by atoms with van der Waals surface area (Å²) < 4.78 is 1.64. The summed E-state index contributed by atoms with van der Waals surface area (Å²) in [6.45, 7) is 1.66. The summed E-state index contributed by atoms with van der Waals surface area (Å²) in [6, 6.07) is 7.49. The number of amides is 2. The van der Waals surface area contributed by atoms with E-state index < -0.39 is 0 Å². The summed E-state index contributed by atoms with van der Waals surface area (Å²) in [5, 5.41) is 4.99. The molecule has 0 spiro atoms. The van der Waals surface area contributed by atoms with Gasteiger partial charge in [0, 0.05) is 37.1 Å². The highest BCUT2D eigenvalue weighted by atomic mass is 35.5. The number of nitrogens with one attached hydrogen (secondary N) is 1. The average Bonchev–Trinajstić information content (AvgIpc) is 3.23. The smallest absolute Gasteiger partial charge is 0.271 e. The Morgan fingerprint density at radius 3 is 3.08 bits per heavy atom. The zero-order chi connectivity index (χ0) is 18.1. The van der Waals surface area contributed by atoms with E-state index in [4.69, 9.17) is 11.6 Å². The molecule has 0 saturated heterocycles. The Balaban J connectivity index is 1.35. The van der Waals surface area contributed by atoms with Gasteiger partial charge in [-0.2, -0.15) is 0 Å². The lowest BCUT2D eigenvalue weighted by atomic mass is 10.1. The second-order valence-electron chi connectivity index (χ2n) is 6.12. The van der Waals surface area contributed by atoms with Crippen LogP contribution in [-0.4, -0.2) is 39.2 Å². The standard InChI is InChI=1S/C18H17ClN4O2S/c19-17-16(23-8-2-1-3-14(23)21-17)18(25)20-7-4-15(24)22-9-5-13-12(11-22)6-10-26-13/h1-3,6,8,10H,4-5,7,9,11H2,(H,20,25). The van der Waals surface area contributed by atoms with Crippen molar-refractivity contribution in [3.63, 3.8) is 0 Å². The van der Waals surface area contributed by atoms with Gasteiger partial charge in [0.25, 0.3) is 5.91 Å². The number of carbonyl (C=O) groups excluding carboxylic acids is 2. The number of thiophene rings is 1. The van der Waals surface area contributed by atoms with Gasteiger partial charge >= 0.3 is 0 Å². The minimum absolute atomic E-state index is 0.0476. The Morgan fingerprint density at radius 1 is 1.31 bits per heavy atom. The molecule has 0 aliphatic carbocycles. The molecule has 8 heteroatoms. The number of carbonyl (C=O) groups is 2. The van der Waals surface area contributed by atoms with Gasteiger partial charge in [-0.25, -0.2) is 4.98 Å². The van der Waals surface area contributed by atoms with E-state index >= 15 is 0 Å². The van der Waals surface area contributed by atoms with E-state index in [1.54, 1.807) is 34.1 Å². The molecule has 6 nitrogen and oxygen atoms in total. The fraction of sp³-hybridized carbons (Fsp3) is 0.278. The van der Waals surface area contributed by atoms with Crippen LogP contribution in [0, 0.1) is 0 Å². The number of hydrogen-bond acceptors (Lipinski definition) is 4. The van der Waals surface area contributed by atoms with Crippen molar-refractivity contribution >= 4 is 40.4 Å². The SMILES string of the molecule is O=C(NCCC(=O)N1CCc2sccc2C1)c1c(Cl)nc2ccccn12. The maximum absolute atomic E-state index is 12.4. The van der Waals surface area contributed by atoms with E-state index in [-0.39, 0.29) is 35.6 Å². The second-order valence-corrected chi connectivity index (χ2v) is 7.48. The predicted molar refractivity (Wildman–Crippen MR) is 101 cm³/mol. The Hall–Kier alpha value is -2.38. The van der Waals surface area contributed by atoms with Crippen molar-refractivity contribution in [3.8, 4) is 0 Å². The molecule has 1 aliphatic rings. The maximum atomic E-state index is 12.4. The first-order valence-electron chi connectivity index (χ1n) is 8.37. The molecule has 2 amide bonds. The van der Waals surface area contributed by atoms with Crippen molar-refractivity contribution in [1.29, 1.82) is 0 Å². The number of imidazole rings is 1. The maximum Gasteiger partial charge on any atom is 0.271 e. The molecule has 3 aromatic rings. The lowest BCUT2D eigenvalue weighted by molar-refractivity contribution is -0.131. The Bertz CT molecular complexity index is 981. The largest absolute Gasteiger partial charge is 0.350 e. The first-order chi connectivity index (χ1) is 12.6. The zero-order valence-corrected chi connectivity index (χ0v) is 15.5. The third-order valence-corrected chi connectivity index (χ3v) is 5.77. The van der Waals surface area contributed by atoms with Crippen molar-refractivity contribution in [2.45, 2.75) is 19.4 Å². The van der Waals surface area contributed by atoms with Gasteiger partial charge in [-0.1, -0.05) is 17.7 Å². The van der Waals surface area contributed by atoms with Crippen molar-refractivity contribution in [3.05, 3.63) is 57.1 Å².